The first-order valence-electron chi connectivity index (χ1n) is 7.13. The third-order valence-electron chi connectivity index (χ3n) is 3.81. The van der Waals surface area contributed by atoms with Gasteiger partial charge in [0.2, 0.25) is 0 Å². The number of ether oxygens (including phenoxy) is 1. The molecule has 0 N–H and O–H groups in total. The molecule has 18 heavy (non-hydrogen) atoms. The van der Waals surface area contributed by atoms with E-state index in [2.05, 4.69) is 31.2 Å². The van der Waals surface area contributed by atoms with Crippen LogP contribution in [0.4, 0.5) is 0 Å². The van der Waals surface area contributed by atoms with Crippen molar-refractivity contribution in [2.24, 2.45) is 5.92 Å². The molecule has 0 saturated carbocycles. The second-order valence-electron chi connectivity index (χ2n) is 5.17. The van der Waals surface area contributed by atoms with Gasteiger partial charge in [0.05, 0.1) is 6.10 Å². The molecular formula is C16H23ClO. The summed E-state index contributed by atoms with van der Waals surface area (Å²) in [5.41, 5.74) is 1.28. The van der Waals surface area contributed by atoms with Crippen LogP contribution in [0, 0.1) is 5.92 Å². The molecule has 1 unspecified atom stereocenters. The quantitative estimate of drug-likeness (QED) is 0.523. The molecule has 0 aliphatic carbocycles. The van der Waals surface area contributed by atoms with Crippen molar-refractivity contribution in [2.45, 2.75) is 50.5 Å². The Balaban J connectivity index is 1.95. The summed E-state index contributed by atoms with van der Waals surface area (Å²) in [6.45, 7) is 3.08. The van der Waals surface area contributed by atoms with Crippen molar-refractivity contribution in [3.05, 3.63) is 35.9 Å². The fraction of sp³-hybridized carbons (Fsp3) is 0.625. The van der Waals surface area contributed by atoms with E-state index in [1.54, 1.807) is 0 Å². The van der Waals surface area contributed by atoms with Crippen LogP contribution in [-0.2, 0) is 4.74 Å². The van der Waals surface area contributed by atoms with Crippen LogP contribution < -0.4 is 0 Å². The van der Waals surface area contributed by atoms with E-state index in [1.807, 2.05) is 6.07 Å². The van der Waals surface area contributed by atoms with E-state index in [1.165, 1.54) is 24.8 Å². The predicted octanol–water partition coefficient (Wildman–Crippen LogP) is 4.95. The van der Waals surface area contributed by atoms with Crippen LogP contribution in [0.25, 0.3) is 0 Å². The summed E-state index contributed by atoms with van der Waals surface area (Å²) in [7, 11) is 0. The summed E-state index contributed by atoms with van der Waals surface area (Å²) in [5, 5.41) is 0.254. The van der Waals surface area contributed by atoms with E-state index in [-0.39, 0.29) is 11.5 Å². The van der Waals surface area contributed by atoms with E-state index in [9.17, 15) is 0 Å². The van der Waals surface area contributed by atoms with Crippen LogP contribution in [0.3, 0.4) is 0 Å². The van der Waals surface area contributed by atoms with Gasteiger partial charge in [0, 0.05) is 17.9 Å². The minimum Gasteiger partial charge on any atom is -0.373 e. The SMILES string of the molecule is CCCCCC(Cl)[C@@H]1CCO[C@@H]1c1ccccc1. The van der Waals surface area contributed by atoms with Crippen LogP contribution in [-0.4, -0.2) is 12.0 Å². The first kappa shape index (κ1) is 13.9. The van der Waals surface area contributed by atoms with Gasteiger partial charge in [0.15, 0.2) is 0 Å². The van der Waals surface area contributed by atoms with Gasteiger partial charge in [-0.05, 0) is 18.4 Å². The van der Waals surface area contributed by atoms with Gasteiger partial charge in [-0.1, -0.05) is 56.5 Å². The number of hydrogen-bond acceptors (Lipinski definition) is 1. The monoisotopic (exact) mass is 266 g/mol. The molecule has 0 spiro atoms. The molecule has 1 nitrogen and oxygen atoms in total. The highest BCUT2D eigenvalue weighted by atomic mass is 35.5. The van der Waals surface area contributed by atoms with Gasteiger partial charge in [-0.25, -0.2) is 0 Å². The summed E-state index contributed by atoms with van der Waals surface area (Å²) in [6.07, 6.45) is 6.20. The Labute approximate surface area is 115 Å². The van der Waals surface area contributed by atoms with E-state index < -0.39 is 0 Å². The van der Waals surface area contributed by atoms with E-state index in [0.717, 1.165) is 19.4 Å². The van der Waals surface area contributed by atoms with Crippen LogP contribution in [0.15, 0.2) is 30.3 Å². The number of hydrogen-bond donors (Lipinski definition) is 0. The predicted molar refractivity (Wildman–Crippen MR) is 77.0 cm³/mol. The molecule has 1 fully saturated rings. The van der Waals surface area contributed by atoms with E-state index in [0.29, 0.717) is 5.92 Å². The third kappa shape index (κ3) is 3.49. The Morgan fingerprint density at radius 3 is 2.78 bits per heavy atom. The molecule has 1 aromatic carbocycles. The average Bonchev–Trinajstić information content (AvgIpc) is 2.89. The molecule has 1 saturated heterocycles. The molecule has 1 heterocycles. The van der Waals surface area contributed by atoms with Crippen LogP contribution in [0.2, 0.25) is 0 Å². The molecule has 0 amide bonds. The fourth-order valence-electron chi connectivity index (χ4n) is 2.77. The number of rotatable bonds is 6. The zero-order chi connectivity index (χ0) is 12.8. The van der Waals surface area contributed by atoms with E-state index in [4.69, 9.17) is 16.3 Å². The zero-order valence-corrected chi connectivity index (χ0v) is 11.9. The molecule has 0 bridgehead atoms. The Bertz CT molecular complexity index is 338. The van der Waals surface area contributed by atoms with Crippen molar-refractivity contribution < 1.29 is 4.74 Å². The first-order valence-corrected chi connectivity index (χ1v) is 7.57. The lowest BCUT2D eigenvalue weighted by Crippen LogP contribution is -2.18. The minimum absolute atomic E-state index is 0.204. The van der Waals surface area contributed by atoms with Crippen molar-refractivity contribution in [3.8, 4) is 0 Å². The van der Waals surface area contributed by atoms with Crippen molar-refractivity contribution in [1.82, 2.24) is 0 Å². The highest BCUT2D eigenvalue weighted by molar-refractivity contribution is 6.20. The van der Waals surface area contributed by atoms with Crippen molar-refractivity contribution in [3.63, 3.8) is 0 Å². The largest absolute Gasteiger partial charge is 0.373 e. The summed E-state index contributed by atoms with van der Waals surface area (Å²) in [6, 6.07) is 10.5. The van der Waals surface area contributed by atoms with Crippen LogP contribution >= 0.6 is 11.6 Å². The summed E-state index contributed by atoms with van der Waals surface area (Å²) >= 11 is 6.59. The highest BCUT2D eigenvalue weighted by Gasteiger charge is 2.34. The number of halogens is 1. The summed E-state index contributed by atoms with van der Waals surface area (Å²) < 4.78 is 5.89. The molecule has 1 aliphatic rings. The molecule has 2 heteroatoms. The molecule has 3 atom stereocenters. The van der Waals surface area contributed by atoms with Crippen molar-refractivity contribution in [1.29, 1.82) is 0 Å². The lowest BCUT2D eigenvalue weighted by atomic mass is 9.90. The van der Waals surface area contributed by atoms with Gasteiger partial charge in [0.1, 0.15) is 0 Å². The number of unbranched alkanes of at least 4 members (excludes halogenated alkanes) is 2. The normalized spacial score (nSPS) is 25.2. The first-order chi connectivity index (χ1) is 8.83. The molecule has 1 aromatic rings. The Hall–Kier alpha value is -0.530. The molecule has 0 radical (unpaired) electrons. The Morgan fingerprint density at radius 2 is 2.06 bits per heavy atom. The topological polar surface area (TPSA) is 9.23 Å². The van der Waals surface area contributed by atoms with Crippen LogP contribution in [0.1, 0.15) is 50.7 Å². The molecule has 0 aromatic heterocycles. The maximum Gasteiger partial charge on any atom is 0.0868 e. The molecule has 100 valence electrons. The Morgan fingerprint density at radius 1 is 1.28 bits per heavy atom. The van der Waals surface area contributed by atoms with Crippen molar-refractivity contribution in [2.75, 3.05) is 6.61 Å². The standard InChI is InChI=1S/C16H23ClO/c1-2-3-5-10-15(17)14-11-12-18-16(14)13-8-6-4-7-9-13/h4,6-9,14-16H,2-3,5,10-12H2,1H3/t14-,15?,16+/m0/s1. The molecule has 1 aliphatic heterocycles. The summed E-state index contributed by atoms with van der Waals surface area (Å²) in [4.78, 5) is 0. The van der Waals surface area contributed by atoms with Gasteiger partial charge < -0.3 is 4.74 Å². The lowest BCUT2D eigenvalue weighted by molar-refractivity contribution is 0.0890. The van der Waals surface area contributed by atoms with Gasteiger partial charge in [-0.3, -0.25) is 0 Å². The van der Waals surface area contributed by atoms with Gasteiger partial charge >= 0.3 is 0 Å². The Kier molecular flexibility index (Phi) is 5.52. The van der Waals surface area contributed by atoms with Crippen molar-refractivity contribution >= 4 is 11.6 Å². The van der Waals surface area contributed by atoms with Gasteiger partial charge in [-0.2, -0.15) is 0 Å². The minimum atomic E-state index is 0.204. The van der Waals surface area contributed by atoms with E-state index >= 15 is 0 Å². The third-order valence-corrected chi connectivity index (χ3v) is 4.36. The number of benzene rings is 1. The summed E-state index contributed by atoms with van der Waals surface area (Å²) in [5.74, 6) is 0.478. The van der Waals surface area contributed by atoms with Gasteiger partial charge in [0.25, 0.3) is 0 Å². The number of alkyl halides is 1. The zero-order valence-electron chi connectivity index (χ0n) is 11.1. The van der Waals surface area contributed by atoms with Crippen LogP contribution in [0.5, 0.6) is 0 Å². The maximum absolute atomic E-state index is 6.59. The average molecular weight is 267 g/mol. The maximum atomic E-state index is 6.59. The highest BCUT2D eigenvalue weighted by Crippen LogP contribution is 2.39. The lowest BCUT2D eigenvalue weighted by Gasteiger charge is -2.23. The second kappa shape index (κ2) is 7.16. The molecular weight excluding hydrogens is 244 g/mol. The smallest absolute Gasteiger partial charge is 0.0868 e. The second-order valence-corrected chi connectivity index (χ2v) is 5.73. The van der Waals surface area contributed by atoms with Gasteiger partial charge in [-0.15, -0.1) is 11.6 Å². The molecule has 2 rings (SSSR count). The fourth-order valence-corrected chi connectivity index (χ4v) is 3.18.